The molecular weight excluding hydrogens is 290 g/mol. The Hall–Kier alpha value is -2.67. The van der Waals surface area contributed by atoms with Gasteiger partial charge in [0.15, 0.2) is 5.13 Å². The molecule has 1 aliphatic heterocycles. The molecule has 0 spiro atoms. The fraction of sp³-hybridized carbons (Fsp3) is 0.0714. The number of carbonyl (C=O) groups is 2. The number of rotatable bonds is 3. The predicted octanol–water partition coefficient (Wildman–Crippen LogP) is 1.94. The quantitative estimate of drug-likeness (QED) is 0.849. The lowest BCUT2D eigenvalue weighted by Gasteiger charge is -2.15. The van der Waals surface area contributed by atoms with Crippen molar-refractivity contribution >= 4 is 34.0 Å². The van der Waals surface area contributed by atoms with Crippen molar-refractivity contribution < 1.29 is 14.7 Å². The molecule has 0 unspecified atom stereocenters. The van der Waals surface area contributed by atoms with Gasteiger partial charge in [-0.2, -0.15) is 0 Å². The average Bonchev–Trinajstić information content (AvgIpc) is 3.08. The molecular formula is C14H11N3O3S. The summed E-state index contributed by atoms with van der Waals surface area (Å²) in [4.78, 5) is 29.7. The lowest BCUT2D eigenvalue weighted by atomic mass is 10.2. The molecule has 2 aromatic rings. The number of aliphatic hydroxyl groups is 1. The molecule has 7 heteroatoms. The first-order chi connectivity index (χ1) is 10.2. The van der Waals surface area contributed by atoms with Crippen LogP contribution in [0, 0.1) is 0 Å². The number of hydrogen-bond donors (Lipinski definition) is 2. The Morgan fingerprint density at radius 3 is 2.76 bits per heavy atom. The van der Waals surface area contributed by atoms with Gasteiger partial charge in [-0.1, -0.05) is 18.2 Å². The minimum absolute atomic E-state index is 0.0104. The van der Waals surface area contributed by atoms with Crippen LogP contribution in [0.5, 0.6) is 0 Å². The van der Waals surface area contributed by atoms with Crippen molar-refractivity contribution in [1.29, 1.82) is 0 Å². The minimum Gasteiger partial charge on any atom is -0.509 e. The van der Waals surface area contributed by atoms with Crippen LogP contribution in [0.25, 0.3) is 0 Å². The van der Waals surface area contributed by atoms with Crippen LogP contribution in [0.4, 0.5) is 10.8 Å². The van der Waals surface area contributed by atoms with E-state index in [1.165, 1.54) is 16.2 Å². The van der Waals surface area contributed by atoms with Gasteiger partial charge in [0.05, 0.1) is 6.54 Å². The van der Waals surface area contributed by atoms with Crippen molar-refractivity contribution in [2.24, 2.45) is 0 Å². The Morgan fingerprint density at radius 1 is 1.33 bits per heavy atom. The maximum atomic E-state index is 12.3. The molecule has 0 fully saturated rings. The van der Waals surface area contributed by atoms with E-state index in [9.17, 15) is 14.7 Å². The van der Waals surface area contributed by atoms with Gasteiger partial charge >= 0.3 is 0 Å². The van der Waals surface area contributed by atoms with E-state index >= 15 is 0 Å². The number of thiazole rings is 1. The number of para-hydroxylation sites is 1. The number of carbonyl (C=O) groups excluding carboxylic acids is 2. The van der Waals surface area contributed by atoms with Crippen LogP contribution in [0.3, 0.4) is 0 Å². The highest BCUT2D eigenvalue weighted by molar-refractivity contribution is 7.13. The zero-order valence-electron chi connectivity index (χ0n) is 10.8. The van der Waals surface area contributed by atoms with E-state index in [0.717, 1.165) is 0 Å². The maximum absolute atomic E-state index is 12.3. The van der Waals surface area contributed by atoms with E-state index in [4.69, 9.17) is 0 Å². The number of hydrogen-bond acceptors (Lipinski definition) is 5. The van der Waals surface area contributed by atoms with Crippen LogP contribution in [-0.2, 0) is 9.59 Å². The number of nitrogens with one attached hydrogen (secondary N) is 1. The molecule has 1 aromatic carbocycles. The molecule has 0 saturated carbocycles. The fourth-order valence-corrected chi connectivity index (χ4v) is 2.57. The second-order valence-electron chi connectivity index (χ2n) is 4.34. The summed E-state index contributed by atoms with van der Waals surface area (Å²) in [5.41, 5.74) is 0.389. The first-order valence-corrected chi connectivity index (χ1v) is 7.04. The molecule has 3 rings (SSSR count). The molecule has 0 atom stereocenters. The highest BCUT2D eigenvalue weighted by Gasteiger charge is 2.36. The zero-order chi connectivity index (χ0) is 14.8. The second-order valence-corrected chi connectivity index (χ2v) is 5.23. The molecule has 1 aromatic heterocycles. The molecule has 0 radical (unpaired) electrons. The third-order valence-electron chi connectivity index (χ3n) is 3.00. The Kier molecular flexibility index (Phi) is 3.41. The Morgan fingerprint density at radius 2 is 2.10 bits per heavy atom. The highest BCUT2D eigenvalue weighted by Crippen LogP contribution is 2.25. The summed E-state index contributed by atoms with van der Waals surface area (Å²) < 4.78 is 0. The molecule has 2 amide bonds. The Labute approximate surface area is 124 Å². The lowest BCUT2D eigenvalue weighted by molar-refractivity contribution is -0.119. The smallest absolute Gasteiger partial charge is 0.267 e. The van der Waals surface area contributed by atoms with Gasteiger partial charge in [0.2, 0.25) is 0 Å². The van der Waals surface area contributed by atoms with Gasteiger partial charge in [-0.3, -0.25) is 14.9 Å². The van der Waals surface area contributed by atoms with E-state index in [1.54, 1.807) is 35.8 Å². The summed E-state index contributed by atoms with van der Waals surface area (Å²) >= 11 is 1.24. The van der Waals surface area contributed by atoms with Crippen LogP contribution in [0.15, 0.2) is 53.2 Å². The fourth-order valence-electron chi connectivity index (χ4n) is 2.05. The molecule has 0 aliphatic carbocycles. The topological polar surface area (TPSA) is 82.5 Å². The van der Waals surface area contributed by atoms with Gasteiger partial charge in [-0.15, -0.1) is 11.3 Å². The van der Waals surface area contributed by atoms with Crippen LogP contribution < -0.4 is 10.2 Å². The molecule has 0 bridgehead atoms. The van der Waals surface area contributed by atoms with Crippen molar-refractivity contribution in [2.45, 2.75) is 0 Å². The molecule has 2 heterocycles. The second kappa shape index (κ2) is 5.37. The van der Waals surface area contributed by atoms with Crippen LogP contribution in [0.2, 0.25) is 0 Å². The number of benzene rings is 1. The largest absolute Gasteiger partial charge is 0.509 e. The number of aliphatic hydroxyl groups excluding tert-OH is 1. The molecule has 6 nitrogen and oxygen atoms in total. The van der Waals surface area contributed by atoms with Crippen molar-refractivity contribution in [2.75, 3.05) is 16.8 Å². The van der Waals surface area contributed by atoms with Gasteiger partial charge in [-0.25, -0.2) is 4.98 Å². The van der Waals surface area contributed by atoms with E-state index < -0.39 is 11.8 Å². The third kappa shape index (κ3) is 2.50. The maximum Gasteiger partial charge on any atom is 0.267 e. The Balaban J connectivity index is 1.81. The first kappa shape index (κ1) is 13.3. The normalized spacial score (nSPS) is 14.7. The molecule has 1 aliphatic rings. The molecule has 2 N–H and O–H groups in total. The van der Waals surface area contributed by atoms with Crippen molar-refractivity contribution in [3.8, 4) is 0 Å². The lowest BCUT2D eigenvalue weighted by Crippen LogP contribution is -2.30. The monoisotopic (exact) mass is 301 g/mol. The van der Waals surface area contributed by atoms with Gasteiger partial charge in [0.1, 0.15) is 11.3 Å². The van der Waals surface area contributed by atoms with Crippen LogP contribution in [-0.4, -0.2) is 28.4 Å². The number of aromatic nitrogens is 1. The summed E-state index contributed by atoms with van der Waals surface area (Å²) in [5, 5.41) is 14.5. The zero-order valence-corrected chi connectivity index (χ0v) is 11.6. The molecule has 106 valence electrons. The summed E-state index contributed by atoms with van der Waals surface area (Å²) in [5.74, 6) is -1.41. The summed E-state index contributed by atoms with van der Waals surface area (Å²) in [6.45, 7) is -0.0104. The summed E-state index contributed by atoms with van der Waals surface area (Å²) in [6, 6.07) is 8.88. The van der Waals surface area contributed by atoms with Gasteiger partial charge in [0, 0.05) is 17.3 Å². The van der Waals surface area contributed by atoms with Crippen LogP contribution in [0.1, 0.15) is 0 Å². The highest BCUT2D eigenvalue weighted by atomic mass is 32.1. The average molecular weight is 301 g/mol. The van der Waals surface area contributed by atoms with E-state index in [0.29, 0.717) is 10.8 Å². The van der Waals surface area contributed by atoms with Crippen molar-refractivity contribution in [3.63, 3.8) is 0 Å². The Bertz CT molecular complexity index is 710. The van der Waals surface area contributed by atoms with E-state index in [-0.39, 0.29) is 17.9 Å². The van der Waals surface area contributed by atoms with Crippen molar-refractivity contribution in [3.05, 3.63) is 53.2 Å². The SMILES string of the molecule is O=C(Nc1nccs1)C1=C(O)CN(c2ccccc2)C1=O. The molecule has 21 heavy (non-hydrogen) atoms. The number of nitrogens with zero attached hydrogens (tertiary/aromatic N) is 2. The minimum atomic E-state index is -0.647. The van der Waals surface area contributed by atoms with E-state index in [2.05, 4.69) is 10.3 Å². The predicted molar refractivity (Wildman–Crippen MR) is 79.2 cm³/mol. The van der Waals surface area contributed by atoms with Gasteiger partial charge < -0.3 is 10.0 Å². The summed E-state index contributed by atoms with van der Waals surface area (Å²) in [6.07, 6.45) is 1.54. The summed E-state index contributed by atoms with van der Waals surface area (Å²) in [7, 11) is 0. The molecule has 0 saturated heterocycles. The van der Waals surface area contributed by atoms with Gasteiger partial charge in [-0.05, 0) is 12.1 Å². The standard InChI is InChI=1S/C14H11N3O3S/c18-10-8-17(9-4-2-1-3-5-9)13(20)11(10)12(19)16-14-15-6-7-21-14/h1-7,18H,8H2,(H,15,16,19). The third-order valence-corrected chi connectivity index (χ3v) is 3.69. The van der Waals surface area contributed by atoms with Crippen molar-refractivity contribution in [1.82, 2.24) is 4.98 Å². The van der Waals surface area contributed by atoms with Gasteiger partial charge in [0.25, 0.3) is 11.8 Å². The van der Waals surface area contributed by atoms with Crippen LogP contribution >= 0.6 is 11.3 Å². The number of anilines is 2. The van der Waals surface area contributed by atoms with E-state index in [1.807, 2.05) is 6.07 Å². The number of amides is 2. The first-order valence-electron chi connectivity index (χ1n) is 6.16.